The van der Waals surface area contributed by atoms with Crippen LogP contribution in [0, 0.1) is 13.8 Å². The Kier molecular flexibility index (Phi) is 7.14. The quantitative estimate of drug-likeness (QED) is 0.382. The van der Waals surface area contributed by atoms with E-state index >= 15 is 0 Å². The largest absolute Gasteiger partial charge is 0.491 e. The predicted molar refractivity (Wildman–Crippen MR) is 142 cm³/mol. The molecule has 0 saturated heterocycles. The van der Waals surface area contributed by atoms with Gasteiger partial charge in [-0.15, -0.1) is 11.3 Å². The summed E-state index contributed by atoms with van der Waals surface area (Å²) in [6.07, 6.45) is 2.27. The van der Waals surface area contributed by atoms with E-state index in [1.807, 2.05) is 31.4 Å². The van der Waals surface area contributed by atoms with Crippen LogP contribution in [0.2, 0.25) is 5.02 Å². The van der Waals surface area contributed by atoms with Gasteiger partial charge in [0.05, 0.1) is 17.5 Å². The van der Waals surface area contributed by atoms with E-state index in [1.165, 1.54) is 21.3 Å². The number of rotatable bonds is 8. The second-order valence-electron chi connectivity index (χ2n) is 9.47. The van der Waals surface area contributed by atoms with Gasteiger partial charge < -0.3 is 9.64 Å². The first-order chi connectivity index (χ1) is 17.2. The molecule has 0 unspecified atom stereocenters. The lowest BCUT2D eigenvalue weighted by Gasteiger charge is -2.37. The molecule has 1 fully saturated rings. The number of sulfonamides is 1. The van der Waals surface area contributed by atoms with Crippen LogP contribution < -0.4 is 4.74 Å². The molecule has 0 bridgehead atoms. The molecule has 5 rings (SSSR count). The molecule has 0 radical (unpaired) electrons. The zero-order valence-electron chi connectivity index (χ0n) is 20.3. The van der Waals surface area contributed by atoms with Crippen molar-refractivity contribution in [2.45, 2.75) is 50.1 Å². The van der Waals surface area contributed by atoms with E-state index in [2.05, 4.69) is 12.1 Å². The van der Waals surface area contributed by atoms with E-state index < -0.39 is 10.0 Å². The molecular weight excluding hydrogens is 516 g/mol. The van der Waals surface area contributed by atoms with Crippen LogP contribution >= 0.6 is 22.9 Å². The van der Waals surface area contributed by atoms with Crippen molar-refractivity contribution in [1.82, 2.24) is 9.21 Å². The van der Waals surface area contributed by atoms with Crippen molar-refractivity contribution in [1.29, 1.82) is 0 Å². The van der Waals surface area contributed by atoms with Gasteiger partial charge in [-0.2, -0.15) is 4.31 Å². The summed E-state index contributed by atoms with van der Waals surface area (Å²) in [5, 5.41) is 2.51. The number of halogens is 1. The van der Waals surface area contributed by atoms with E-state index in [9.17, 15) is 13.2 Å². The molecule has 1 saturated carbocycles. The SMILES string of the molecule is Cc1ccc(OC[C@@H]2c3ccsc3CCN2C(=O)CN(C2CC2)S(=O)(=O)c2ccc(Cl)cc2)c(C)c1. The molecule has 1 aromatic heterocycles. The van der Waals surface area contributed by atoms with E-state index in [-0.39, 0.29) is 29.4 Å². The number of hydrogen-bond acceptors (Lipinski definition) is 5. The first-order valence-corrected chi connectivity index (χ1v) is 14.8. The number of benzene rings is 2. The van der Waals surface area contributed by atoms with Gasteiger partial charge in [-0.1, -0.05) is 29.3 Å². The summed E-state index contributed by atoms with van der Waals surface area (Å²) in [6.45, 7) is 4.71. The highest BCUT2D eigenvalue weighted by molar-refractivity contribution is 7.89. The topological polar surface area (TPSA) is 66.9 Å². The lowest BCUT2D eigenvalue weighted by atomic mass is 10.0. The van der Waals surface area contributed by atoms with Crippen molar-refractivity contribution in [3.8, 4) is 5.75 Å². The van der Waals surface area contributed by atoms with Crippen LogP contribution in [0.15, 0.2) is 58.8 Å². The molecule has 2 aromatic carbocycles. The predicted octanol–water partition coefficient (Wildman–Crippen LogP) is 5.38. The Hall–Kier alpha value is -2.39. The van der Waals surface area contributed by atoms with Crippen molar-refractivity contribution < 1.29 is 17.9 Å². The summed E-state index contributed by atoms with van der Waals surface area (Å²) in [6, 6.07) is 13.8. The third kappa shape index (κ3) is 5.18. The van der Waals surface area contributed by atoms with E-state index in [4.69, 9.17) is 16.3 Å². The zero-order valence-corrected chi connectivity index (χ0v) is 22.7. The Labute approximate surface area is 221 Å². The maximum Gasteiger partial charge on any atom is 0.243 e. The van der Waals surface area contributed by atoms with E-state index in [1.54, 1.807) is 28.4 Å². The van der Waals surface area contributed by atoms with E-state index in [0.29, 0.717) is 18.2 Å². The maximum atomic E-state index is 13.7. The van der Waals surface area contributed by atoms with Gasteiger partial charge in [0.25, 0.3) is 0 Å². The fourth-order valence-corrected chi connectivity index (χ4v) is 7.43. The van der Waals surface area contributed by atoms with Gasteiger partial charge >= 0.3 is 0 Å². The number of hydrogen-bond donors (Lipinski definition) is 0. The smallest absolute Gasteiger partial charge is 0.243 e. The standard InChI is InChI=1S/C27H29ClN2O4S2/c1-18-3-10-25(19(2)15-18)34-17-24-23-12-14-35-26(23)11-13-29(24)27(31)16-30(21-6-7-21)36(32,33)22-8-4-20(28)5-9-22/h3-5,8-10,12,14-15,21,24H,6-7,11,13,16-17H2,1-2H3/t24-/m1/s1. The summed E-state index contributed by atoms with van der Waals surface area (Å²) >= 11 is 7.65. The number of amides is 1. The van der Waals surface area contributed by atoms with Gasteiger partial charge in [0.1, 0.15) is 12.4 Å². The molecule has 3 aromatic rings. The van der Waals surface area contributed by atoms with Crippen LogP contribution in [0.1, 0.15) is 40.5 Å². The molecule has 1 amide bonds. The Morgan fingerprint density at radius 1 is 1.14 bits per heavy atom. The van der Waals surface area contributed by atoms with Crippen LogP contribution in [-0.2, 0) is 21.2 Å². The number of fused-ring (bicyclic) bond motifs is 1. The van der Waals surface area contributed by atoms with Crippen molar-refractivity contribution in [3.05, 3.63) is 80.5 Å². The molecule has 6 nitrogen and oxygen atoms in total. The minimum atomic E-state index is -3.82. The van der Waals surface area contributed by atoms with Crippen LogP contribution in [0.5, 0.6) is 5.75 Å². The number of nitrogens with zero attached hydrogens (tertiary/aromatic N) is 2. The van der Waals surface area contributed by atoms with Gasteiger partial charge in [0, 0.05) is 22.5 Å². The fourth-order valence-electron chi connectivity index (χ4n) is 4.74. The minimum absolute atomic E-state index is 0.152. The van der Waals surface area contributed by atoms with E-state index in [0.717, 1.165) is 41.7 Å². The lowest BCUT2D eigenvalue weighted by molar-refractivity contribution is -0.135. The first kappa shape index (κ1) is 25.3. The highest BCUT2D eigenvalue weighted by atomic mass is 35.5. The molecule has 2 aliphatic rings. The molecule has 0 N–H and O–H groups in total. The van der Waals surface area contributed by atoms with Crippen LogP contribution in [0.3, 0.4) is 0 Å². The normalized spacial score (nSPS) is 17.8. The van der Waals surface area contributed by atoms with Gasteiger partial charge in [0.15, 0.2) is 0 Å². The molecule has 9 heteroatoms. The number of carbonyl (C=O) groups excluding carboxylic acids is 1. The van der Waals surface area contributed by atoms with Gasteiger partial charge in [-0.05, 0) is 86.0 Å². The maximum absolute atomic E-state index is 13.7. The van der Waals surface area contributed by atoms with Crippen molar-refractivity contribution >= 4 is 38.9 Å². The molecular formula is C27H29ClN2O4S2. The molecule has 0 spiro atoms. The Morgan fingerprint density at radius 3 is 2.58 bits per heavy atom. The van der Waals surface area contributed by atoms with Crippen molar-refractivity contribution in [2.24, 2.45) is 0 Å². The number of ether oxygens (including phenoxy) is 1. The second-order valence-corrected chi connectivity index (χ2v) is 12.8. The molecule has 36 heavy (non-hydrogen) atoms. The van der Waals surface area contributed by atoms with Crippen LogP contribution in [0.4, 0.5) is 0 Å². The van der Waals surface area contributed by atoms with Crippen molar-refractivity contribution in [2.75, 3.05) is 19.7 Å². The highest BCUT2D eigenvalue weighted by Crippen LogP contribution is 2.36. The Balaban J connectivity index is 1.38. The van der Waals surface area contributed by atoms with Gasteiger partial charge in [-0.25, -0.2) is 8.42 Å². The molecule has 1 atom stereocenters. The lowest BCUT2D eigenvalue weighted by Crippen LogP contribution is -2.48. The highest BCUT2D eigenvalue weighted by Gasteiger charge is 2.41. The average Bonchev–Trinajstić information content (AvgIpc) is 3.57. The second kappa shape index (κ2) is 10.2. The molecule has 1 aliphatic carbocycles. The van der Waals surface area contributed by atoms with Crippen LogP contribution in [-0.4, -0.2) is 49.3 Å². The summed E-state index contributed by atoms with van der Waals surface area (Å²) in [7, 11) is -3.82. The number of thiophene rings is 1. The summed E-state index contributed by atoms with van der Waals surface area (Å²) in [5.41, 5.74) is 3.29. The third-order valence-corrected chi connectivity index (χ3v) is 9.97. The van der Waals surface area contributed by atoms with Gasteiger partial charge in [-0.3, -0.25) is 4.79 Å². The average molecular weight is 545 g/mol. The first-order valence-electron chi connectivity index (χ1n) is 12.1. The monoisotopic (exact) mass is 544 g/mol. The van der Waals surface area contributed by atoms with Crippen LogP contribution in [0.25, 0.3) is 0 Å². The third-order valence-electron chi connectivity index (χ3n) is 6.81. The summed E-state index contributed by atoms with van der Waals surface area (Å²) in [4.78, 5) is 16.9. The Bertz CT molecular complexity index is 1370. The summed E-state index contributed by atoms with van der Waals surface area (Å²) in [5.74, 6) is 0.589. The zero-order chi connectivity index (χ0) is 25.4. The fraction of sp³-hybridized carbons (Fsp3) is 0.370. The molecule has 190 valence electrons. The Morgan fingerprint density at radius 2 is 1.89 bits per heavy atom. The number of aryl methyl sites for hydroxylation is 2. The molecule has 1 aliphatic heterocycles. The van der Waals surface area contributed by atoms with Gasteiger partial charge in [0.2, 0.25) is 15.9 Å². The van der Waals surface area contributed by atoms with Crippen molar-refractivity contribution in [3.63, 3.8) is 0 Å². The number of carbonyl (C=O) groups is 1. The minimum Gasteiger partial charge on any atom is -0.491 e. The summed E-state index contributed by atoms with van der Waals surface area (Å²) < 4.78 is 34.5. The molecule has 2 heterocycles.